The van der Waals surface area contributed by atoms with Crippen LogP contribution in [-0.2, 0) is 11.8 Å². The Bertz CT molecular complexity index is 1620. The largest absolute Gasteiger partial charge is 0.323 e. The number of hydrogen-bond donors (Lipinski definition) is 1. The van der Waals surface area contributed by atoms with Crippen molar-refractivity contribution in [2.45, 2.75) is 32.2 Å². The van der Waals surface area contributed by atoms with Gasteiger partial charge in [-0.1, -0.05) is 24.9 Å². The summed E-state index contributed by atoms with van der Waals surface area (Å²) in [6.45, 7) is 1.81. The normalized spacial score (nSPS) is 17.8. The molecule has 3 heterocycles. The zero-order valence-corrected chi connectivity index (χ0v) is 21.3. The van der Waals surface area contributed by atoms with E-state index < -0.39 is 34.6 Å². The van der Waals surface area contributed by atoms with Crippen molar-refractivity contribution >= 4 is 23.2 Å². The molecule has 0 spiro atoms. The number of anilines is 1. The summed E-state index contributed by atoms with van der Waals surface area (Å²) in [4.78, 5) is 30.2. The maximum atomic E-state index is 14.9. The minimum atomic E-state index is -1.02. The predicted molar refractivity (Wildman–Crippen MR) is 137 cm³/mol. The van der Waals surface area contributed by atoms with Crippen LogP contribution in [0.1, 0.15) is 37.8 Å². The number of aromatic nitrogens is 4. The molecule has 4 aromatic rings. The predicted octanol–water partition coefficient (Wildman–Crippen LogP) is 5.73. The van der Waals surface area contributed by atoms with Gasteiger partial charge in [-0.15, -0.1) is 0 Å². The summed E-state index contributed by atoms with van der Waals surface area (Å²) in [6, 6.07) is 6.87. The fourth-order valence-corrected chi connectivity index (χ4v) is 4.98. The number of halogens is 4. The smallest absolute Gasteiger partial charge is 0.254 e. The monoisotopic (exact) mass is 541 g/mol. The molecule has 1 N–H and O–H groups in total. The van der Waals surface area contributed by atoms with E-state index in [2.05, 4.69) is 15.4 Å². The van der Waals surface area contributed by atoms with Gasteiger partial charge in [-0.2, -0.15) is 5.10 Å². The summed E-state index contributed by atoms with van der Waals surface area (Å²) in [7, 11) is 1.68. The molecular formula is C27H23ClF3N5O2. The molecule has 7 nitrogen and oxygen atoms in total. The van der Waals surface area contributed by atoms with Crippen molar-refractivity contribution < 1.29 is 18.0 Å². The number of benzene rings is 2. The number of aryl methyl sites for hydroxylation is 1. The Morgan fingerprint density at radius 2 is 1.87 bits per heavy atom. The fraction of sp³-hybridized carbons (Fsp3) is 0.259. The zero-order valence-electron chi connectivity index (χ0n) is 20.5. The van der Waals surface area contributed by atoms with Crippen LogP contribution < -0.4 is 10.9 Å². The van der Waals surface area contributed by atoms with E-state index >= 15 is 0 Å². The Balaban J connectivity index is 1.65. The maximum Gasteiger partial charge on any atom is 0.254 e. The van der Waals surface area contributed by atoms with E-state index in [1.807, 2.05) is 6.92 Å². The summed E-state index contributed by atoms with van der Waals surface area (Å²) >= 11 is 5.81. The average Bonchev–Trinajstić information content (AvgIpc) is 3.23. The minimum Gasteiger partial charge on any atom is -0.323 e. The van der Waals surface area contributed by atoms with Crippen molar-refractivity contribution in [3.05, 3.63) is 87.3 Å². The van der Waals surface area contributed by atoms with Gasteiger partial charge in [-0.05, 0) is 48.7 Å². The first-order valence-electron chi connectivity index (χ1n) is 12.0. The van der Waals surface area contributed by atoms with Gasteiger partial charge in [0.05, 0.1) is 46.2 Å². The summed E-state index contributed by atoms with van der Waals surface area (Å²) in [5.74, 6) is -2.98. The van der Waals surface area contributed by atoms with Crippen LogP contribution in [0.4, 0.5) is 18.9 Å². The lowest BCUT2D eigenvalue weighted by atomic mass is 9.94. The van der Waals surface area contributed by atoms with Crippen molar-refractivity contribution in [1.29, 1.82) is 0 Å². The highest BCUT2D eigenvalue weighted by Gasteiger charge is 2.24. The molecular weight excluding hydrogens is 519 g/mol. The zero-order chi connectivity index (χ0) is 27.1. The highest BCUT2D eigenvalue weighted by atomic mass is 35.5. The standard InChI is InChI=1S/C27H23ClF3N5O2/c1-14-4-3-5-22(36-13-32-20(11-23(36)37)24-19(30)7-6-18(28)25(24)31)15-8-16(10-17(29)9-15)26-21(34-27(14)38)12-33-35(26)2/h6-14,22H,3-5H2,1-2H3,(H,34,38)/t14-,22+/m1/s1. The first-order chi connectivity index (χ1) is 18.1. The van der Waals surface area contributed by atoms with Gasteiger partial charge < -0.3 is 5.32 Å². The molecule has 0 unspecified atom stereocenters. The van der Waals surface area contributed by atoms with E-state index in [-0.39, 0.29) is 22.5 Å². The van der Waals surface area contributed by atoms with Gasteiger partial charge >= 0.3 is 0 Å². The molecule has 0 saturated heterocycles. The average molecular weight is 542 g/mol. The van der Waals surface area contributed by atoms with Crippen LogP contribution in [0.3, 0.4) is 0 Å². The van der Waals surface area contributed by atoms with E-state index in [0.29, 0.717) is 41.8 Å². The van der Waals surface area contributed by atoms with Crippen LogP contribution in [0, 0.1) is 23.4 Å². The lowest BCUT2D eigenvalue weighted by Crippen LogP contribution is -2.27. The summed E-state index contributed by atoms with van der Waals surface area (Å²) in [6.07, 6.45) is 4.15. The molecule has 196 valence electrons. The van der Waals surface area contributed by atoms with Crippen molar-refractivity contribution in [3.8, 4) is 22.5 Å². The molecule has 5 rings (SSSR count). The number of amides is 1. The highest BCUT2D eigenvalue weighted by molar-refractivity contribution is 6.31. The number of nitrogens with one attached hydrogen (secondary N) is 1. The van der Waals surface area contributed by atoms with Crippen molar-refractivity contribution in [1.82, 2.24) is 19.3 Å². The Kier molecular flexibility index (Phi) is 6.83. The van der Waals surface area contributed by atoms with E-state index in [9.17, 15) is 22.8 Å². The number of carbonyl (C=O) groups is 1. The van der Waals surface area contributed by atoms with Crippen molar-refractivity contribution in [2.75, 3.05) is 5.32 Å². The van der Waals surface area contributed by atoms with Crippen LogP contribution in [0.15, 0.2) is 53.7 Å². The van der Waals surface area contributed by atoms with Gasteiger partial charge in [0.15, 0.2) is 5.82 Å². The van der Waals surface area contributed by atoms with Gasteiger partial charge in [-0.3, -0.25) is 18.8 Å². The van der Waals surface area contributed by atoms with E-state index in [1.165, 1.54) is 33.9 Å². The van der Waals surface area contributed by atoms with E-state index in [1.54, 1.807) is 13.1 Å². The molecule has 2 bridgehead atoms. The Morgan fingerprint density at radius 3 is 2.63 bits per heavy atom. The van der Waals surface area contributed by atoms with Crippen LogP contribution in [0.2, 0.25) is 5.02 Å². The van der Waals surface area contributed by atoms with Gasteiger partial charge in [-0.25, -0.2) is 18.2 Å². The topological polar surface area (TPSA) is 81.8 Å². The second-order valence-electron chi connectivity index (χ2n) is 9.38. The number of hydrogen-bond acceptors (Lipinski definition) is 4. The number of carbonyl (C=O) groups excluding carboxylic acids is 1. The van der Waals surface area contributed by atoms with Crippen LogP contribution in [-0.4, -0.2) is 25.2 Å². The maximum absolute atomic E-state index is 14.9. The molecule has 0 aliphatic carbocycles. The fourth-order valence-electron chi connectivity index (χ4n) is 4.83. The number of rotatable bonds is 2. The van der Waals surface area contributed by atoms with Crippen LogP contribution >= 0.6 is 11.6 Å². The highest BCUT2D eigenvalue weighted by Crippen LogP contribution is 2.34. The second-order valence-corrected chi connectivity index (χ2v) is 9.79. The molecule has 1 amide bonds. The summed E-state index contributed by atoms with van der Waals surface area (Å²) < 4.78 is 46.8. The van der Waals surface area contributed by atoms with Crippen LogP contribution in [0.25, 0.3) is 22.5 Å². The molecule has 1 aliphatic rings. The molecule has 0 saturated carbocycles. The third kappa shape index (κ3) is 4.71. The Labute approximate surface area is 220 Å². The Hall–Kier alpha value is -3.92. The van der Waals surface area contributed by atoms with Gasteiger partial charge in [0.2, 0.25) is 5.91 Å². The summed E-state index contributed by atoms with van der Waals surface area (Å²) in [5.41, 5.74) is 0.644. The molecule has 38 heavy (non-hydrogen) atoms. The lowest BCUT2D eigenvalue weighted by molar-refractivity contribution is -0.119. The van der Waals surface area contributed by atoms with Crippen LogP contribution in [0.5, 0.6) is 0 Å². The first-order valence-corrected chi connectivity index (χ1v) is 12.4. The molecule has 11 heteroatoms. The SMILES string of the molecule is C[C@@H]1CCC[C@H](n2cnc(-c3c(F)ccc(Cl)c3F)cc2=O)c2cc(F)cc(c2)-c2c(cnn2C)NC1=O. The van der Waals surface area contributed by atoms with E-state index in [0.717, 1.165) is 18.2 Å². The Morgan fingerprint density at radius 1 is 1.08 bits per heavy atom. The first kappa shape index (κ1) is 25.7. The molecule has 2 atom stereocenters. The molecule has 2 aromatic carbocycles. The quantitative estimate of drug-likeness (QED) is 0.329. The molecule has 0 fully saturated rings. The van der Waals surface area contributed by atoms with Gasteiger partial charge in [0, 0.05) is 24.6 Å². The third-order valence-corrected chi connectivity index (χ3v) is 7.10. The van der Waals surface area contributed by atoms with Crippen molar-refractivity contribution in [2.24, 2.45) is 13.0 Å². The van der Waals surface area contributed by atoms with Gasteiger partial charge in [0.1, 0.15) is 11.6 Å². The molecule has 2 aromatic heterocycles. The lowest BCUT2D eigenvalue weighted by Gasteiger charge is -2.23. The second kappa shape index (κ2) is 10.1. The molecule has 0 radical (unpaired) electrons. The minimum absolute atomic E-state index is 0.193. The van der Waals surface area contributed by atoms with Crippen molar-refractivity contribution in [3.63, 3.8) is 0 Å². The van der Waals surface area contributed by atoms with Gasteiger partial charge in [0.25, 0.3) is 5.56 Å². The number of fused-ring (bicyclic) bond motifs is 4. The molecule has 1 aliphatic heterocycles. The number of nitrogens with zero attached hydrogens (tertiary/aromatic N) is 4. The third-order valence-electron chi connectivity index (χ3n) is 6.81. The summed E-state index contributed by atoms with van der Waals surface area (Å²) in [5, 5.41) is 6.81. The van der Waals surface area contributed by atoms with E-state index in [4.69, 9.17) is 11.6 Å².